The molecule has 3 aromatic heterocycles. The van der Waals surface area contributed by atoms with Gasteiger partial charge < -0.3 is 8.98 Å². The highest BCUT2D eigenvalue weighted by Gasteiger charge is 2.21. The molecule has 0 atom stereocenters. The van der Waals surface area contributed by atoms with Gasteiger partial charge in [-0.3, -0.25) is 0 Å². The van der Waals surface area contributed by atoms with Crippen LogP contribution in [0.25, 0.3) is 106 Å². The van der Waals surface area contributed by atoms with Crippen LogP contribution < -0.4 is 0 Å². The predicted octanol–water partition coefficient (Wildman–Crippen LogP) is 13.2. The first-order chi connectivity index (χ1) is 27.7. The Hall–Kier alpha value is -7.63. The molecule has 56 heavy (non-hydrogen) atoms. The van der Waals surface area contributed by atoms with Crippen LogP contribution in [0.15, 0.2) is 199 Å². The van der Waals surface area contributed by atoms with Crippen LogP contribution in [-0.4, -0.2) is 19.5 Å². The van der Waals surface area contributed by atoms with Gasteiger partial charge in [-0.15, -0.1) is 0 Å². The standard InChI is InChI=1S/C51H32N4O/c1-4-13-33(14-5-1)35-23-25-37(26-24-35)50-52-49(36-17-8-3-9-18-36)53-51(54-50)39-19-12-20-40(31-39)55-45-30-27-38(34-15-6-2-7-16-34)32-44(45)42-28-29-43-41-21-10-11-22-46(41)56-48(43)47(42)55/h1-32H. The van der Waals surface area contributed by atoms with Crippen molar-refractivity contribution >= 4 is 43.7 Å². The molecule has 8 aromatic carbocycles. The van der Waals surface area contributed by atoms with E-state index in [0.29, 0.717) is 17.5 Å². The molecule has 0 fully saturated rings. The number of fused-ring (bicyclic) bond motifs is 7. The summed E-state index contributed by atoms with van der Waals surface area (Å²) < 4.78 is 9.03. The Morgan fingerprint density at radius 3 is 1.57 bits per heavy atom. The lowest BCUT2D eigenvalue weighted by Gasteiger charge is -2.12. The van der Waals surface area contributed by atoms with Gasteiger partial charge in [0, 0.05) is 43.9 Å². The molecule has 5 nitrogen and oxygen atoms in total. The summed E-state index contributed by atoms with van der Waals surface area (Å²) in [5, 5.41) is 4.47. The Balaban J connectivity index is 1.11. The summed E-state index contributed by atoms with van der Waals surface area (Å²) in [6, 6.07) is 67.4. The van der Waals surface area contributed by atoms with E-state index in [9.17, 15) is 0 Å². The van der Waals surface area contributed by atoms with Crippen LogP contribution in [0.4, 0.5) is 0 Å². The molecule has 5 heteroatoms. The summed E-state index contributed by atoms with van der Waals surface area (Å²) in [6.45, 7) is 0. The topological polar surface area (TPSA) is 56.7 Å². The fourth-order valence-corrected chi connectivity index (χ4v) is 7.94. The minimum Gasteiger partial charge on any atom is -0.454 e. The van der Waals surface area contributed by atoms with Gasteiger partial charge >= 0.3 is 0 Å². The lowest BCUT2D eigenvalue weighted by molar-refractivity contribution is 0.671. The highest BCUT2D eigenvalue weighted by Crippen LogP contribution is 2.42. The molecule has 0 amide bonds. The zero-order chi connectivity index (χ0) is 37.0. The highest BCUT2D eigenvalue weighted by molar-refractivity contribution is 6.22. The number of hydrogen-bond donors (Lipinski definition) is 0. The first-order valence-corrected chi connectivity index (χ1v) is 18.8. The second-order valence-corrected chi connectivity index (χ2v) is 14.0. The van der Waals surface area contributed by atoms with Crippen LogP contribution in [-0.2, 0) is 0 Å². The molecule has 0 N–H and O–H groups in total. The second kappa shape index (κ2) is 13.0. The van der Waals surface area contributed by atoms with E-state index in [-0.39, 0.29) is 0 Å². The van der Waals surface area contributed by atoms with Crippen LogP contribution >= 0.6 is 0 Å². The fraction of sp³-hybridized carbons (Fsp3) is 0. The van der Waals surface area contributed by atoms with Crippen molar-refractivity contribution in [2.75, 3.05) is 0 Å². The minimum absolute atomic E-state index is 0.601. The number of nitrogens with zero attached hydrogens (tertiary/aromatic N) is 4. The lowest BCUT2D eigenvalue weighted by atomic mass is 10.0. The lowest BCUT2D eigenvalue weighted by Crippen LogP contribution is -2.01. The Morgan fingerprint density at radius 1 is 0.339 bits per heavy atom. The van der Waals surface area contributed by atoms with E-state index in [1.807, 2.05) is 48.5 Å². The SMILES string of the molecule is c1ccc(-c2ccc(-c3nc(-c4ccccc4)nc(-c4cccc(-n5c6ccc(-c7ccccc7)cc6c6ccc7c8ccccc8oc7c65)c4)n3)cc2)cc1. The number of rotatable bonds is 6. The van der Waals surface area contributed by atoms with E-state index in [0.717, 1.165) is 71.7 Å². The number of hydrogen-bond acceptors (Lipinski definition) is 4. The van der Waals surface area contributed by atoms with E-state index in [2.05, 4.69) is 150 Å². The van der Waals surface area contributed by atoms with Crippen molar-refractivity contribution in [3.8, 4) is 62.1 Å². The van der Waals surface area contributed by atoms with Crippen LogP contribution in [0.5, 0.6) is 0 Å². The summed E-state index contributed by atoms with van der Waals surface area (Å²) in [4.78, 5) is 15.2. The molecular weight excluding hydrogens is 685 g/mol. The largest absolute Gasteiger partial charge is 0.454 e. The molecule has 0 saturated heterocycles. The molecule has 11 rings (SSSR count). The van der Waals surface area contributed by atoms with Gasteiger partial charge in [0.25, 0.3) is 0 Å². The average molecular weight is 717 g/mol. The van der Waals surface area contributed by atoms with E-state index in [4.69, 9.17) is 19.4 Å². The van der Waals surface area contributed by atoms with E-state index in [1.54, 1.807) is 0 Å². The Kier molecular flexibility index (Phi) is 7.42. The number of benzene rings is 8. The summed E-state index contributed by atoms with van der Waals surface area (Å²) >= 11 is 0. The molecule has 0 saturated carbocycles. The molecule has 0 aliphatic rings. The third-order valence-corrected chi connectivity index (χ3v) is 10.7. The maximum absolute atomic E-state index is 6.70. The van der Waals surface area contributed by atoms with E-state index >= 15 is 0 Å². The molecule has 0 bridgehead atoms. The minimum atomic E-state index is 0.601. The normalized spacial score (nSPS) is 11.6. The van der Waals surface area contributed by atoms with Crippen molar-refractivity contribution in [1.82, 2.24) is 19.5 Å². The molecule has 0 aliphatic heterocycles. The van der Waals surface area contributed by atoms with Crippen molar-refractivity contribution < 1.29 is 4.42 Å². The third kappa shape index (κ3) is 5.37. The van der Waals surface area contributed by atoms with Gasteiger partial charge in [-0.2, -0.15) is 0 Å². The van der Waals surface area contributed by atoms with Gasteiger partial charge in [0.15, 0.2) is 23.1 Å². The Labute approximate surface area is 322 Å². The maximum Gasteiger partial charge on any atom is 0.164 e. The van der Waals surface area contributed by atoms with Crippen molar-refractivity contribution in [2.45, 2.75) is 0 Å². The molecule has 262 valence electrons. The quantitative estimate of drug-likeness (QED) is 0.172. The molecule has 0 aliphatic carbocycles. The number of para-hydroxylation sites is 1. The van der Waals surface area contributed by atoms with Crippen molar-refractivity contribution in [2.24, 2.45) is 0 Å². The number of aromatic nitrogens is 4. The Morgan fingerprint density at radius 2 is 0.857 bits per heavy atom. The Bertz CT molecular complexity index is 3220. The monoisotopic (exact) mass is 716 g/mol. The van der Waals surface area contributed by atoms with Crippen LogP contribution in [0, 0.1) is 0 Å². The summed E-state index contributed by atoms with van der Waals surface area (Å²) in [6.07, 6.45) is 0. The van der Waals surface area contributed by atoms with Gasteiger partial charge in [-0.25, -0.2) is 15.0 Å². The molecule has 0 unspecified atom stereocenters. The smallest absolute Gasteiger partial charge is 0.164 e. The van der Waals surface area contributed by atoms with E-state index < -0.39 is 0 Å². The van der Waals surface area contributed by atoms with Gasteiger partial charge in [0.1, 0.15) is 5.58 Å². The first-order valence-electron chi connectivity index (χ1n) is 18.8. The summed E-state index contributed by atoms with van der Waals surface area (Å²) in [5.41, 5.74) is 12.2. The van der Waals surface area contributed by atoms with Crippen LogP contribution in [0.3, 0.4) is 0 Å². The van der Waals surface area contributed by atoms with Gasteiger partial charge in [0.05, 0.1) is 11.0 Å². The molecule has 11 aromatic rings. The number of furan rings is 1. The third-order valence-electron chi connectivity index (χ3n) is 10.7. The van der Waals surface area contributed by atoms with Crippen molar-refractivity contribution in [1.29, 1.82) is 0 Å². The van der Waals surface area contributed by atoms with Crippen molar-refractivity contribution in [3.63, 3.8) is 0 Å². The van der Waals surface area contributed by atoms with Crippen LogP contribution in [0.2, 0.25) is 0 Å². The second-order valence-electron chi connectivity index (χ2n) is 14.0. The molecular formula is C51H32N4O. The summed E-state index contributed by atoms with van der Waals surface area (Å²) in [5.74, 6) is 1.84. The molecule has 3 heterocycles. The zero-order valence-electron chi connectivity index (χ0n) is 30.2. The van der Waals surface area contributed by atoms with Gasteiger partial charge in [-0.05, 0) is 58.7 Å². The fourth-order valence-electron chi connectivity index (χ4n) is 7.94. The summed E-state index contributed by atoms with van der Waals surface area (Å²) in [7, 11) is 0. The first kappa shape index (κ1) is 31.9. The highest BCUT2D eigenvalue weighted by atomic mass is 16.3. The van der Waals surface area contributed by atoms with Crippen molar-refractivity contribution in [3.05, 3.63) is 194 Å². The maximum atomic E-state index is 6.70. The van der Waals surface area contributed by atoms with Gasteiger partial charge in [0.2, 0.25) is 0 Å². The molecule has 0 radical (unpaired) electrons. The zero-order valence-corrected chi connectivity index (χ0v) is 30.2. The van der Waals surface area contributed by atoms with Crippen LogP contribution in [0.1, 0.15) is 0 Å². The predicted molar refractivity (Wildman–Crippen MR) is 229 cm³/mol. The molecule has 0 spiro atoms. The van der Waals surface area contributed by atoms with Gasteiger partial charge in [-0.1, -0.05) is 158 Å². The average Bonchev–Trinajstić information content (AvgIpc) is 3.83. The van der Waals surface area contributed by atoms with E-state index in [1.165, 1.54) is 16.7 Å².